The van der Waals surface area contributed by atoms with Gasteiger partial charge in [-0.2, -0.15) is 0 Å². The van der Waals surface area contributed by atoms with Crippen LogP contribution in [0.1, 0.15) is 81.0 Å². The summed E-state index contributed by atoms with van der Waals surface area (Å²) >= 11 is 0. The van der Waals surface area contributed by atoms with Crippen LogP contribution in [0.25, 0.3) is 0 Å². The number of esters is 1. The van der Waals surface area contributed by atoms with E-state index in [-0.39, 0.29) is 31.1 Å². The maximum Gasteiger partial charge on any atom is 0.330 e. The number of carbonyl (C=O) groups is 7. The third-order valence-electron chi connectivity index (χ3n) is 9.89. The summed E-state index contributed by atoms with van der Waals surface area (Å²) in [5.74, 6) is -5.49. The van der Waals surface area contributed by atoms with Crippen molar-refractivity contribution in [2.24, 2.45) is 5.92 Å². The summed E-state index contributed by atoms with van der Waals surface area (Å²) in [7, 11) is 0. The number of rotatable bonds is 12. The van der Waals surface area contributed by atoms with Crippen LogP contribution in [0.5, 0.6) is 11.5 Å². The van der Waals surface area contributed by atoms with Gasteiger partial charge in [-0.3, -0.25) is 24.0 Å². The van der Waals surface area contributed by atoms with E-state index in [0.29, 0.717) is 48.3 Å². The topological polar surface area (TPSA) is 206 Å². The number of benzene rings is 3. The van der Waals surface area contributed by atoms with E-state index in [1.54, 1.807) is 61.5 Å². The Kier molecular flexibility index (Phi) is 14.7. The van der Waals surface area contributed by atoms with Crippen molar-refractivity contribution in [1.29, 1.82) is 0 Å². The zero-order valence-corrected chi connectivity index (χ0v) is 31.3. The molecule has 3 aromatic carbocycles. The molecule has 2 aliphatic heterocycles. The number of aliphatic carboxylic acids is 1. The van der Waals surface area contributed by atoms with Crippen LogP contribution in [0, 0.1) is 5.92 Å². The SMILES string of the molecule is CCCC(NC(=O)[C@H]1Cc2cccc(c2)Oc2ccc(cc2)CCC(=O)N[C@@H](C2CCCCC2)C(=O)O1)C(=O)C(=O)NCC(=O)N[C@H](C(=O)O)c1ccccc1. The van der Waals surface area contributed by atoms with Gasteiger partial charge >= 0.3 is 11.9 Å². The number of hydrogen-bond acceptors (Lipinski definition) is 9. The third kappa shape index (κ3) is 11.7. The van der Waals surface area contributed by atoms with Gasteiger partial charge in [-0.05, 0) is 72.6 Å². The molecule has 0 spiro atoms. The Hall–Kier alpha value is -6.05. The first kappa shape index (κ1) is 41.1. The van der Waals surface area contributed by atoms with Gasteiger partial charge in [-0.1, -0.05) is 87.2 Å². The normalized spacial score (nSPS) is 18.8. The number of hydrogen-bond donors (Lipinski definition) is 5. The first-order valence-corrected chi connectivity index (χ1v) is 19.1. The van der Waals surface area contributed by atoms with E-state index in [9.17, 15) is 38.7 Å². The molecule has 4 amide bonds. The maximum atomic E-state index is 14.0. The Balaban J connectivity index is 1.33. The van der Waals surface area contributed by atoms with E-state index in [1.807, 2.05) is 12.1 Å². The molecule has 4 atom stereocenters. The number of ether oxygens (including phenoxy) is 2. The molecule has 14 nitrogen and oxygen atoms in total. The second-order valence-electron chi connectivity index (χ2n) is 14.1. The van der Waals surface area contributed by atoms with Gasteiger partial charge in [0.25, 0.3) is 11.8 Å². The minimum absolute atomic E-state index is 0.0443. The fourth-order valence-corrected chi connectivity index (χ4v) is 6.93. The summed E-state index contributed by atoms with van der Waals surface area (Å²) in [5.41, 5.74) is 1.81. The van der Waals surface area contributed by atoms with Gasteiger partial charge in [0, 0.05) is 12.8 Å². The summed E-state index contributed by atoms with van der Waals surface area (Å²) in [5, 5.41) is 19.6. The number of ketones is 1. The summed E-state index contributed by atoms with van der Waals surface area (Å²) in [6.07, 6.45) is 3.54. The highest BCUT2D eigenvalue weighted by atomic mass is 16.5. The van der Waals surface area contributed by atoms with Crippen LogP contribution in [-0.4, -0.2) is 71.2 Å². The first-order chi connectivity index (χ1) is 27.0. The minimum atomic E-state index is -1.47. The van der Waals surface area contributed by atoms with Gasteiger partial charge in [0.1, 0.15) is 17.5 Å². The maximum absolute atomic E-state index is 14.0. The van der Waals surface area contributed by atoms with E-state index < -0.39 is 66.2 Å². The molecular weight excluding hydrogens is 720 g/mol. The smallest absolute Gasteiger partial charge is 0.330 e. The highest BCUT2D eigenvalue weighted by Gasteiger charge is 2.37. The molecule has 56 heavy (non-hydrogen) atoms. The van der Waals surface area contributed by atoms with Crippen molar-refractivity contribution < 1.29 is 48.1 Å². The second kappa shape index (κ2) is 20.0. The van der Waals surface area contributed by atoms with Crippen LogP contribution >= 0.6 is 0 Å². The number of Topliss-reactive ketones (excluding diaryl/α,β-unsaturated/α-hetero) is 1. The summed E-state index contributed by atoms with van der Waals surface area (Å²) in [4.78, 5) is 92.1. The number of carbonyl (C=O) groups excluding carboxylic acids is 6. The highest BCUT2D eigenvalue weighted by molar-refractivity contribution is 6.38. The van der Waals surface area contributed by atoms with Crippen LogP contribution in [0.15, 0.2) is 78.9 Å². The molecule has 5 N–H and O–H groups in total. The Morgan fingerprint density at radius 2 is 1.57 bits per heavy atom. The first-order valence-electron chi connectivity index (χ1n) is 19.1. The zero-order chi connectivity index (χ0) is 40.0. The molecule has 0 radical (unpaired) electrons. The zero-order valence-electron chi connectivity index (χ0n) is 31.3. The molecule has 1 unspecified atom stereocenters. The Bertz CT molecular complexity index is 1880. The van der Waals surface area contributed by atoms with Crippen molar-refractivity contribution in [3.8, 4) is 11.5 Å². The Morgan fingerprint density at radius 1 is 0.839 bits per heavy atom. The molecule has 296 valence electrons. The largest absolute Gasteiger partial charge is 0.479 e. The fraction of sp³-hybridized carbons (Fsp3) is 0.405. The van der Waals surface area contributed by atoms with Gasteiger partial charge in [-0.25, -0.2) is 9.59 Å². The molecule has 14 heteroatoms. The lowest BCUT2D eigenvalue weighted by Crippen LogP contribution is -2.53. The quantitative estimate of drug-likeness (QED) is 0.133. The highest BCUT2D eigenvalue weighted by Crippen LogP contribution is 2.29. The number of amides is 4. The number of nitrogens with one attached hydrogen (secondary N) is 4. The molecule has 3 aliphatic rings. The van der Waals surface area contributed by atoms with Crippen LogP contribution in [0.3, 0.4) is 0 Å². The average Bonchev–Trinajstić information content (AvgIpc) is 3.20. The van der Waals surface area contributed by atoms with Crippen LogP contribution in [-0.2, 0) is 51.1 Å². The van der Waals surface area contributed by atoms with Crippen LogP contribution in [0.4, 0.5) is 0 Å². The van der Waals surface area contributed by atoms with E-state index in [4.69, 9.17) is 9.47 Å². The molecule has 0 aromatic heterocycles. The van der Waals surface area contributed by atoms with Crippen molar-refractivity contribution in [3.05, 3.63) is 95.6 Å². The molecular formula is C42H48N4O10. The summed E-state index contributed by atoms with van der Waals surface area (Å²) < 4.78 is 12.0. The van der Waals surface area contributed by atoms with Gasteiger partial charge in [0.15, 0.2) is 12.1 Å². The summed E-state index contributed by atoms with van der Waals surface area (Å²) in [6, 6.07) is 18.5. The molecule has 2 heterocycles. The molecule has 3 aromatic rings. The monoisotopic (exact) mass is 768 g/mol. The number of carboxylic acids is 1. The summed E-state index contributed by atoms with van der Waals surface area (Å²) in [6.45, 7) is 1.05. The lowest BCUT2D eigenvalue weighted by Gasteiger charge is -2.31. The Morgan fingerprint density at radius 3 is 2.27 bits per heavy atom. The van der Waals surface area contributed by atoms with Gasteiger partial charge in [0.05, 0.1) is 12.6 Å². The van der Waals surface area contributed by atoms with E-state index >= 15 is 0 Å². The van der Waals surface area contributed by atoms with Crippen LogP contribution in [0.2, 0.25) is 0 Å². The molecule has 6 rings (SSSR count). The lowest BCUT2D eigenvalue weighted by atomic mass is 9.83. The lowest BCUT2D eigenvalue weighted by molar-refractivity contribution is -0.160. The van der Waals surface area contributed by atoms with Crippen molar-refractivity contribution >= 4 is 41.4 Å². The predicted molar refractivity (Wildman–Crippen MR) is 203 cm³/mol. The van der Waals surface area contributed by atoms with E-state index in [0.717, 1.165) is 24.8 Å². The molecule has 1 fully saturated rings. The van der Waals surface area contributed by atoms with E-state index in [2.05, 4.69) is 21.3 Å². The third-order valence-corrected chi connectivity index (χ3v) is 9.89. The molecule has 4 bridgehead atoms. The van der Waals surface area contributed by atoms with Crippen molar-refractivity contribution in [2.75, 3.05) is 6.54 Å². The van der Waals surface area contributed by atoms with Gasteiger partial charge < -0.3 is 35.8 Å². The van der Waals surface area contributed by atoms with Crippen LogP contribution < -0.4 is 26.0 Å². The van der Waals surface area contributed by atoms with Gasteiger partial charge in [-0.15, -0.1) is 0 Å². The standard InChI is InChI=1S/C42H48N4O10/c1-2-10-32(38(49)40(51)43-25-35(48)46-36(41(52)53)28-12-5-3-6-13-28)44-39(50)33-24-27-11-9-16-31(23-27)55-30-20-17-26(18-21-30)19-22-34(47)45-37(42(54)56-33)29-14-7-4-8-15-29/h3,5-6,9,11-13,16-18,20-21,23,29,32-33,36-37H,2,4,7-8,10,14-15,19,22,24-25H2,1H3,(H,43,51)(H,44,50)(H,45,47)(H,46,48)(H,52,53)/t32?,33-,36+,37+/m1/s1. The Labute approximate surface area is 325 Å². The molecule has 1 aliphatic carbocycles. The minimum Gasteiger partial charge on any atom is -0.479 e. The molecule has 0 saturated heterocycles. The van der Waals surface area contributed by atoms with Crippen molar-refractivity contribution in [3.63, 3.8) is 0 Å². The average molecular weight is 769 g/mol. The number of carboxylic acid groups (broad SMARTS) is 1. The predicted octanol–water partition coefficient (Wildman–Crippen LogP) is 3.86. The second-order valence-corrected chi connectivity index (χ2v) is 14.1. The number of fused-ring (bicyclic) bond motifs is 10. The van der Waals surface area contributed by atoms with Crippen molar-refractivity contribution in [1.82, 2.24) is 21.3 Å². The molecule has 1 saturated carbocycles. The fourth-order valence-electron chi connectivity index (χ4n) is 6.93. The van der Waals surface area contributed by atoms with E-state index in [1.165, 1.54) is 12.1 Å². The van der Waals surface area contributed by atoms with Crippen molar-refractivity contribution in [2.45, 2.75) is 95.4 Å². The van der Waals surface area contributed by atoms with Gasteiger partial charge in [0.2, 0.25) is 17.6 Å². The number of aryl methyl sites for hydroxylation is 1.